The van der Waals surface area contributed by atoms with Crippen LogP contribution in [0.5, 0.6) is 5.75 Å². The van der Waals surface area contributed by atoms with Crippen LogP contribution in [0.1, 0.15) is 5.56 Å². The summed E-state index contributed by atoms with van der Waals surface area (Å²) in [6, 6.07) is 16.1. The lowest BCUT2D eigenvalue weighted by Crippen LogP contribution is -2.20. The van der Waals surface area contributed by atoms with E-state index in [1.165, 1.54) is 10.8 Å². The Hall–Kier alpha value is -3.87. The predicted octanol–water partition coefficient (Wildman–Crippen LogP) is 2.68. The van der Waals surface area contributed by atoms with Gasteiger partial charge in [0.1, 0.15) is 11.3 Å². The molecule has 0 saturated heterocycles. The first-order valence-corrected chi connectivity index (χ1v) is 8.28. The number of hydrogen-bond acceptors (Lipinski definition) is 4. The van der Waals surface area contributed by atoms with Crippen LogP contribution in [0.2, 0.25) is 0 Å². The van der Waals surface area contributed by atoms with E-state index in [-0.39, 0.29) is 22.6 Å². The molecule has 7 nitrogen and oxygen atoms in total. The third kappa shape index (κ3) is 2.75. The van der Waals surface area contributed by atoms with E-state index in [2.05, 4.69) is 15.2 Å². The Bertz CT molecular complexity index is 1280. The molecule has 0 aliphatic carbocycles. The second kappa shape index (κ2) is 6.45. The van der Waals surface area contributed by atoms with Gasteiger partial charge in [0.15, 0.2) is 0 Å². The van der Waals surface area contributed by atoms with E-state index in [0.717, 1.165) is 0 Å². The van der Waals surface area contributed by atoms with Crippen LogP contribution in [0.3, 0.4) is 0 Å². The average Bonchev–Trinajstić information content (AvgIpc) is 3.06. The Balaban J connectivity index is 1.95. The van der Waals surface area contributed by atoms with Crippen molar-refractivity contribution in [1.82, 2.24) is 14.8 Å². The Kier molecular flexibility index (Phi) is 3.97. The van der Waals surface area contributed by atoms with Crippen LogP contribution in [0.4, 0.5) is 5.69 Å². The second-order valence-corrected chi connectivity index (χ2v) is 6.07. The number of aromatic amines is 2. The first kappa shape index (κ1) is 16.6. The van der Waals surface area contributed by atoms with E-state index in [1.54, 1.807) is 43.4 Å². The number of fused-ring (bicyclic) bond motifs is 1. The summed E-state index contributed by atoms with van der Waals surface area (Å²) in [5, 5.41) is 16.4. The number of benzene rings is 2. The van der Waals surface area contributed by atoms with Crippen LogP contribution >= 0.6 is 0 Å². The molecule has 0 amide bonds. The second-order valence-electron chi connectivity index (χ2n) is 6.07. The molecular weight excluding hydrogens is 344 g/mol. The molecule has 0 saturated carbocycles. The van der Waals surface area contributed by atoms with Crippen molar-refractivity contribution in [3.05, 3.63) is 80.9 Å². The van der Waals surface area contributed by atoms with Crippen molar-refractivity contribution in [3.8, 4) is 17.0 Å². The quantitative estimate of drug-likeness (QED) is 0.489. The number of aryl methyl sites for hydroxylation is 1. The standard InChI is InChI=1S/C20H16N4O3/c1-24-15-10-6-5-9-13(15)18(25)16(20(24)27)17-14(19(26)23-22-17)11-21-12-7-3-2-4-8-12/h2-11,25H,1H3,(H2,22,23,26). The summed E-state index contributed by atoms with van der Waals surface area (Å²) < 4.78 is 1.44. The largest absolute Gasteiger partial charge is 0.506 e. The molecule has 0 fully saturated rings. The highest BCUT2D eigenvalue weighted by Gasteiger charge is 2.21. The van der Waals surface area contributed by atoms with Gasteiger partial charge in [0.25, 0.3) is 11.1 Å². The van der Waals surface area contributed by atoms with Gasteiger partial charge in [0.2, 0.25) is 0 Å². The molecule has 134 valence electrons. The van der Waals surface area contributed by atoms with Gasteiger partial charge in [-0.3, -0.25) is 24.8 Å². The third-order valence-corrected chi connectivity index (χ3v) is 4.44. The van der Waals surface area contributed by atoms with Gasteiger partial charge in [0.05, 0.1) is 22.5 Å². The first-order chi connectivity index (χ1) is 13.1. The van der Waals surface area contributed by atoms with Gasteiger partial charge in [-0.15, -0.1) is 0 Å². The molecule has 4 aromatic rings. The van der Waals surface area contributed by atoms with Gasteiger partial charge in [-0.25, -0.2) is 0 Å². The van der Waals surface area contributed by atoms with Crippen molar-refractivity contribution in [3.63, 3.8) is 0 Å². The Morgan fingerprint density at radius 3 is 2.48 bits per heavy atom. The summed E-state index contributed by atoms with van der Waals surface area (Å²) in [5.74, 6) is -0.182. The molecule has 4 rings (SSSR count). The number of pyridine rings is 1. The summed E-state index contributed by atoms with van der Waals surface area (Å²) in [6.07, 6.45) is 1.38. The average molecular weight is 360 g/mol. The van der Waals surface area contributed by atoms with Gasteiger partial charge in [-0.2, -0.15) is 0 Å². The van der Waals surface area contributed by atoms with Crippen molar-refractivity contribution < 1.29 is 5.11 Å². The van der Waals surface area contributed by atoms with Crippen LogP contribution in [0, 0.1) is 0 Å². The number of aromatic nitrogens is 3. The van der Waals surface area contributed by atoms with Gasteiger partial charge in [-0.1, -0.05) is 30.3 Å². The van der Waals surface area contributed by atoms with Gasteiger partial charge in [-0.05, 0) is 24.3 Å². The maximum absolute atomic E-state index is 12.9. The highest BCUT2D eigenvalue weighted by Crippen LogP contribution is 2.32. The smallest absolute Gasteiger partial charge is 0.273 e. The molecule has 0 atom stereocenters. The Morgan fingerprint density at radius 2 is 1.70 bits per heavy atom. The summed E-state index contributed by atoms with van der Waals surface area (Å²) >= 11 is 0. The number of H-pyrrole nitrogens is 2. The normalized spacial score (nSPS) is 11.4. The number of nitrogens with one attached hydrogen (secondary N) is 2. The van der Waals surface area contributed by atoms with E-state index in [0.29, 0.717) is 16.6 Å². The van der Waals surface area contributed by atoms with Crippen molar-refractivity contribution in [1.29, 1.82) is 0 Å². The molecule has 7 heteroatoms. The highest BCUT2D eigenvalue weighted by atomic mass is 16.3. The third-order valence-electron chi connectivity index (χ3n) is 4.44. The minimum absolute atomic E-state index is 0.0176. The number of aliphatic imine (C=N–C) groups is 1. The topological polar surface area (TPSA) is 103 Å². The number of hydrogen-bond donors (Lipinski definition) is 3. The van der Waals surface area contributed by atoms with Crippen LogP contribution in [0.15, 0.2) is 69.2 Å². The molecular formula is C20H16N4O3. The molecule has 2 aromatic carbocycles. The maximum atomic E-state index is 12.9. The molecule has 0 aliphatic rings. The molecule has 0 spiro atoms. The Morgan fingerprint density at radius 1 is 1.00 bits per heavy atom. The molecule has 0 radical (unpaired) electrons. The SMILES string of the molecule is Cn1c(=O)c(-c2[nH][nH]c(=O)c2C=Nc2ccccc2)c(O)c2ccccc21. The molecule has 3 N–H and O–H groups in total. The highest BCUT2D eigenvalue weighted by molar-refractivity contribution is 5.96. The van der Waals surface area contributed by atoms with E-state index < -0.39 is 11.1 Å². The fraction of sp³-hybridized carbons (Fsp3) is 0.0500. The predicted molar refractivity (Wildman–Crippen MR) is 105 cm³/mol. The van der Waals surface area contributed by atoms with E-state index in [4.69, 9.17) is 0 Å². The van der Waals surface area contributed by atoms with Crippen molar-refractivity contribution in [2.24, 2.45) is 12.0 Å². The monoisotopic (exact) mass is 360 g/mol. The fourth-order valence-electron chi connectivity index (χ4n) is 3.05. The zero-order chi connectivity index (χ0) is 19.0. The van der Waals surface area contributed by atoms with Crippen LogP contribution in [-0.2, 0) is 7.05 Å². The zero-order valence-corrected chi connectivity index (χ0v) is 14.4. The number of para-hydroxylation sites is 2. The van der Waals surface area contributed by atoms with Crippen molar-refractivity contribution >= 4 is 22.8 Å². The van der Waals surface area contributed by atoms with Crippen molar-refractivity contribution in [2.45, 2.75) is 0 Å². The lowest BCUT2D eigenvalue weighted by molar-refractivity contribution is 0.481. The number of aromatic hydroxyl groups is 1. The van der Waals surface area contributed by atoms with Gasteiger partial charge < -0.3 is 9.67 Å². The lowest BCUT2D eigenvalue weighted by Gasteiger charge is -2.11. The van der Waals surface area contributed by atoms with Crippen LogP contribution in [-0.4, -0.2) is 26.1 Å². The number of rotatable bonds is 3. The van der Waals surface area contributed by atoms with Gasteiger partial charge in [0, 0.05) is 18.6 Å². The molecule has 0 bridgehead atoms. The molecule has 0 aliphatic heterocycles. The molecule has 2 aromatic heterocycles. The zero-order valence-electron chi connectivity index (χ0n) is 14.4. The van der Waals surface area contributed by atoms with E-state index >= 15 is 0 Å². The minimum Gasteiger partial charge on any atom is -0.506 e. The molecule has 27 heavy (non-hydrogen) atoms. The summed E-state index contributed by atoms with van der Waals surface area (Å²) in [6.45, 7) is 0. The van der Waals surface area contributed by atoms with Crippen LogP contribution in [0.25, 0.3) is 22.2 Å². The Labute approximate surface area is 153 Å². The van der Waals surface area contributed by atoms with E-state index in [1.807, 2.05) is 18.2 Å². The van der Waals surface area contributed by atoms with E-state index in [9.17, 15) is 14.7 Å². The lowest BCUT2D eigenvalue weighted by atomic mass is 10.1. The maximum Gasteiger partial charge on any atom is 0.273 e. The van der Waals surface area contributed by atoms with Gasteiger partial charge >= 0.3 is 0 Å². The first-order valence-electron chi connectivity index (χ1n) is 8.28. The van der Waals surface area contributed by atoms with Crippen LogP contribution < -0.4 is 11.1 Å². The minimum atomic E-state index is -0.431. The summed E-state index contributed by atoms with van der Waals surface area (Å²) in [5.41, 5.74) is 0.796. The fourth-order valence-corrected chi connectivity index (χ4v) is 3.05. The van der Waals surface area contributed by atoms with Crippen molar-refractivity contribution in [2.75, 3.05) is 0 Å². The molecule has 0 unspecified atom stereocenters. The summed E-state index contributed by atoms with van der Waals surface area (Å²) in [7, 11) is 1.62. The summed E-state index contributed by atoms with van der Waals surface area (Å²) in [4.78, 5) is 29.4. The molecule has 2 heterocycles. The number of nitrogens with zero attached hydrogens (tertiary/aromatic N) is 2.